The first-order chi connectivity index (χ1) is 11.8. The molecular weight excluding hydrogens is 362 g/mol. The largest absolute Gasteiger partial charge is 0.299 e. The van der Waals surface area contributed by atoms with E-state index in [1.54, 1.807) is 12.1 Å². The number of nitrogens with zero attached hydrogens (tertiary/aromatic N) is 2. The average Bonchev–Trinajstić information content (AvgIpc) is 3.02. The van der Waals surface area contributed by atoms with E-state index in [0.717, 1.165) is 24.8 Å². The van der Waals surface area contributed by atoms with Crippen LogP contribution in [0.2, 0.25) is 0 Å². The Morgan fingerprint density at radius 3 is 2.36 bits per heavy atom. The van der Waals surface area contributed by atoms with Crippen LogP contribution in [0.25, 0.3) is 0 Å². The van der Waals surface area contributed by atoms with Gasteiger partial charge in [-0.05, 0) is 42.5 Å². The van der Waals surface area contributed by atoms with Crippen molar-refractivity contribution in [3.05, 3.63) is 29.3 Å². The smallest absolute Gasteiger partial charge is 0.240 e. The van der Waals surface area contributed by atoms with Crippen molar-refractivity contribution in [2.75, 3.05) is 45.5 Å². The lowest BCUT2D eigenvalue weighted by Crippen LogP contribution is -2.49. The lowest BCUT2D eigenvalue weighted by atomic mass is 10.1. The third-order valence-electron chi connectivity index (χ3n) is 4.90. The lowest BCUT2D eigenvalue weighted by Gasteiger charge is -2.33. The number of fused-ring (bicyclic) bond motifs is 1. The fourth-order valence-corrected chi connectivity index (χ4v) is 5.32. The summed E-state index contributed by atoms with van der Waals surface area (Å²) < 4.78 is 52.0. The Hall–Kier alpha value is -1.00. The highest BCUT2D eigenvalue weighted by atomic mass is 32.2. The van der Waals surface area contributed by atoms with Crippen molar-refractivity contribution in [3.63, 3.8) is 0 Å². The first-order valence-corrected chi connectivity index (χ1v) is 11.9. The van der Waals surface area contributed by atoms with E-state index in [2.05, 4.69) is 9.62 Å². The van der Waals surface area contributed by atoms with Crippen LogP contribution in [-0.4, -0.2) is 71.6 Å². The molecule has 1 saturated heterocycles. The molecule has 1 aliphatic heterocycles. The quantitative estimate of drug-likeness (QED) is 0.744. The van der Waals surface area contributed by atoms with Gasteiger partial charge in [0.2, 0.25) is 20.0 Å². The number of benzene rings is 1. The average molecular weight is 388 g/mol. The molecule has 1 aliphatic carbocycles. The summed E-state index contributed by atoms with van der Waals surface area (Å²) in [6.07, 6.45) is 4.28. The van der Waals surface area contributed by atoms with Crippen molar-refractivity contribution in [1.29, 1.82) is 0 Å². The zero-order valence-electron chi connectivity index (χ0n) is 14.4. The highest BCUT2D eigenvalue weighted by molar-refractivity contribution is 7.89. The minimum absolute atomic E-state index is 0.318. The summed E-state index contributed by atoms with van der Waals surface area (Å²) in [5.41, 5.74) is 2.39. The predicted octanol–water partition coefficient (Wildman–Crippen LogP) is 0.0308. The number of hydrogen-bond donors (Lipinski definition) is 1. The van der Waals surface area contributed by atoms with E-state index < -0.39 is 20.0 Å². The molecule has 0 unspecified atom stereocenters. The maximum Gasteiger partial charge on any atom is 0.240 e. The molecule has 1 heterocycles. The van der Waals surface area contributed by atoms with Gasteiger partial charge in [-0.2, -0.15) is 4.31 Å². The number of nitrogens with one attached hydrogen (secondary N) is 1. The van der Waals surface area contributed by atoms with Crippen LogP contribution in [-0.2, 0) is 32.9 Å². The second-order valence-electron chi connectivity index (χ2n) is 6.69. The lowest BCUT2D eigenvalue weighted by molar-refractivity contribution is 0.192. The van der Waals surface area contributed by atoms with E-state index in [9.17, 15) is 16.8 Å². The molecule has 1 aromatic carbocycles. The molecular formula is C16H25N3O4S2. The molecule has 1 aromatic rings. The Kier molecular flexibility index (Phi) is 5.50. The van der Waals surface area contributed by atoms with Crippen LogP contribution in [0, 0.1) is 0 Å². The standard InChI is InChI=1S/C16H25N3O4S2/c1-24(20,21)19-11-9-18(10-12-19)8-7-17-25(22,23)16-6-5-14-3-2-4-15(14)13-16/h5-6,13,17H,2-4,7-12H2,1H3. The molecule has 140 valence electrons. The monoisotopic (exact) mass is 387 g/mol. The minimum Gasteiger partial charge on any atom is -0.299 e. The van der Waals surface area contributed by atoms with Gasteiger partial charge in [-0.3, -0.25) is 4.90 Å². The van der Waals surface area contributed by atoms with Crippen molar-refractivity contribution in [1.82, 2.24) is 13.9 Å². The fourth-order valence-electron chi connectivity index (χ4n) is 3.42. The van der Waals surface area contributed by atoms with Crippen molar-refractivity contribution in [2.24, 2.45) is 0 Å². The molecule has 0 bridgehead atoms. The molecule has 7 nitrogen and oxygen atoms in total. The first kappa shape index (κ1) is 18.8. The molecule has 1 N–H and O–H groups in total. The molecule has 0 atom stereocenters. The third kappa shape index (κ3) is 4.59. The second kappa shape index (κ2) is 7.32. The molecule has 2 aliphatic rings. The van der Waals surface area contributed by atoms with Gasteiger partial charge < -0.3 is 0 Å². The summed E-state index contributed by atoms with van der Waals surface area (Å²) in [7, 11) is -6.64. The summed E-state index contributed by atoms with van der Waals surface area (Å²) in [5, 5.41) is 0. The molecule has 25 heavy (non-hydrogen) atoms. The number of piperazine rings is 1. The zero-order chi connectivity index (χ0) is 18.1. The number of sulfonamides is 2. The van der Waals surface area contributed by atoms with Crippen LogP contribution in [0.15, 0.2) is 23.1 Å². The van der Waals surface area contributed by atoms with Gasteiger partial charge in [0, 0.05) is 39.3 Å². The van der Waals surface area contributed by atoms with Crippen LogP contribution >= 0.6 is 0 Å². The Morgan fingerprint density at radius 1 is 1.00 bits per heavy atom. The summed E-state index contributed by atoms with van der Waals surface area (Å²) in [6.45, 7) is 3.04. The van der Waals surface area contributed by atoms with Gasteiger partial charge in [-0.1, -0.05) is 6.07 Å². The van der Waals surface area contributed by atoms with Crippen LogP contribution in [0.1, 0.15) is 17.5 Å². The maximum absolute atomic E-state index is 12.4. The molecule has 1 fully saturated rings. The van der Waals surface area contributed by atoms with Gasteiger partial charge in [0.1, 0.15) is 0 Å². The molecule has 0 saturated carbocycles. The molecule has 3 rings (SSSR count). The molecule has 0 aromatic heterocycles. The summed E-state index contributed by atoms with van der Waals surface area (Å²) >= 11 is 0. The Balaban J connectivity index is 1.50. The highest BCUT2D eigenvalue weighted by Crippen LogP contribution is 2.24. The van der Waals surface area contributed by atoms with Crippen molar-refractivity contribution >= 4 is 20.0 Å². The van der Waals surface area contributed by atoms with Crippen LogP contribution < -0.4 is 4.72 Å². The van der Waals surface area contributed by atoms with Crippen molar-refractivity contribution in [2.45, 2.75) is 24.2 Å². The predicted molar refractivity (Wildman–Crippen MR) is 96.5 cm³/mol. The molecule has 9 heteroatoms. The molecule has 0 spiro atoms. The highest BCUT2D eigenvalue weighted by Gasteiger charge is 2.23. The van der Waals surface area contributed by atoms with E-state index in [1.807, 2.05) is 6.07 Å². The van der Waals surface area contributed by atoms with Crippen LogP contribution in [0.5, 0.6) is 0 Å². The summed E-state index contributed by atoms with van der Waals surface area (Å²) in [6, 6.07) is 5.38. The Morgan fingerprint density at radius 2 is 1.68 bits per heavy atom. The fraction of sp³-hybridized carbons (Fsp3) is 0.625. The third-order valence-corrected chi connectivity index (χ3v) is 7.66. The maximum atomic E-state index is 12.4. The number of aryl methyl sites for hydroxylation is 2. The van der Waals surface area contributed by atoms with Gasteiger partial charge in [-0.15, -0.1) is 0 Å². The Bertz CT molecular complexity index is 829. The molecule has 0 radical (unpaired) electrons. The van der Waals surface area contributed by atoms with Crippen LogP contribution in [0.3, 0.4) is 0 Å². The number of hydrogen-bond acceptors (Lipinski definition) is 5. The van der Waals surface area contributed by atoms with E-state index in [-0.39, 0.29) is 0 Å². The van der Waals surface area contributed by atoms with Gasteiger partial charge in [0.25, 0.3) is 0 Å². The normalized spacial score (nSPS) is 19.9. The SMILES string of the molecule is CS(=O)(=O)N1CCN(CCNS(=O)(=O)c2ccc3c(c2)CCC3)CC1. The van der Waals surface area contributed by atoms with Gasteiger partial charge in [0.15, 0.2) is 0 Å². The van der Waals surface area contributed by atoms with Gasteiger partial charge >= 0.3 is 0 Å². The van der Waals surface area contributed by atoms with E-state index >= 15 is 0 Å². The van der Waals surface area contributed by atoms with Crippen molar-refractivity contribution in [3.8, 4) is 0 Å². The van der Waals surface area contributed by atoms with E-state index in [1.165, 1.54) is 16.1 Å². The van der Waals surface area contributed by atoms with Crippen LogP contribution in [0.4, 0.5) is 0 Å². The summed E-state index contributed by atoms with van der Waals surface area (Å²) in [5.74, 6) is 0. The number of rotatable bonds is 6. The van der Waals surface area contributed by atoms with Gasteiger partial charge in [-0.25, -0.2) is 21.6 Å². The first-order valence-electron chi connectivity index (χ1n) is 8.55. The molecule has 0 amide bonds. The van der Waals surface area contributed by atoms with E-state index in [4.69, 9.17) is 0 Å². The van der Waals surface area contributed by atoms with Crippen molar-refractivity contribution < 1.29 is 16.8 Å². The minimum atomic E-state index is -3.50. The summed E-state index contributed by atoms with van der Waals surface area (Å²) in [4.78, 5) is 2.41. The second-order valence-corrected chi connectivity index (χ2v) is 10.4. The van der Waals surface area contributed by atoms with Gasteiger partial charge in [0.05, 0.1) is 11.2 Å². The van der Waals surface area contributed by atoms with E-state index in [0.29, 0.717) is 44.2 Å². The Labute approximate surface area is 150 Å². The topological polar surface area (TPSA) is 86.8 Å². The zero-order valence-corrected chi connectivity index (χ0v) is 16.1.